The van der Waals surface area contributed by atoms with Gasteiger partial charge in [-0.2, -0.15) is 0 Å². The van der Waals surface area contributed by atoms with Crippen molar-refractivity contribution in [1.29, 1.82) is 0 Å². The smallest absolute Gasteiger partial charge is 0.222 e. The van der Waals surface area contributed by atoms with Crippen molar-refractivity contribution in [1.82, 2.24) is 4.90 Å². The van der Waals surface area contributed by atoms with Crippen LogP contribution in [0.3, 0.4) is 0 Å². The van der Waals surface area contributed by atoms with Crippen LogP contribution in [0.25, 0.3) is 0 Å². The van der Waals surface area contributed by atoms with Gasteiger partial charge < -0.3 is 15.4 Å². The quantitative estimate of drug-likeness (QED) is 0.725. The lowest BCUT2D eigenvalue weighted by Gasteiger charge is -2.32. The number of hydrogen-bond acceptors (Lipinski definition) is 3. The first-order valence-electron chi connectivity index (χ1n) is 5.84. The average Bonchev–Trinajstić information content (AvgIpc) is 2.58. The van der Waals surface area contributed by atoms with E-state index in [0.29, 0.717) is 19.1 Å². The summed E-state index contributed by atoms with van der Waals surface area (Å²) in [7, 11) is 0. The van der Waals surface area contributed by atoms with Gasteiger partial charge in [0.2, 0.25) is 5.91 Å². The molecule has 1 amide bonds. The van der Waals surface area contributed by atoms with Gasteiger partial charge in [-0.1, -0.05) is 0 Å². The molecular formula is C11H20N2O2. The van der Waals surface area contributed by atoms with Crippen molar-refractivity contribution < 1.29 is 9.53 Å². The summed E-state index contributed by atoms with van der Waals surface area (Å²) in [5.41, 5.74) is 5.85. The van der Waals surface area contributed by atoms with E-state index in [0.717, 1.165) is 25.8 Å². The first-order chi connectivity index (χ1) is 7.15. The highest BCUT2D eigenvalue weighted by molar-refractivity contribution is 5.77. The Hall–Kier alpha value is -0.610. The second-order valence-electron chi connectivity index (χ2n) is 4.74. The molecule has 2 aliphatic heterocycles. The van der Waals surface area contributed by atoms with Crippen molar-refractivity contribution in [2.75, 3.05) is 13.1 Å². The van der Waals surface area contributed by atoms with Gasteiger partial charge in [-0.3, -0.25) is 4.79 Å². The molecule has 0 bridgehead atoms. The number of carbonyl (C=O) groups excluding carboxylic acids is 1. The van der Waals surface area contributed by atoms with Gasteiger partial charge in [-0.25, -0.2) is 0 Å². The number of nitrogens with zero attached hydrogens (tertiary/aromatic N) is 1. The zero-order chi connectivity index (χ0) is 10.8. The first-order valence-corrected chi connectivity index (χ1v) is 5.84. The van der Waals surface area contributed by atoms with Crippen LogP contribution in [0.15, 0.2) is 0 Å². The summed E-state index contributed by atoms with van der Waals surface area (Å²) < 4.78 is 5.71. The third-order valence-corrected chi connectivity index (χ3v) is 3.28. The molecule has 0 saturated carbocycles. The van der Waals surface area contributed by atoms with Gasteiger partial charge in [-0.15, -0.1) is 0 Å². The van der Waals surface area contributed by atoms with Crippen molar-refractivity contribution in [3.05, 3.63) is 0 Å². The average molecular weight is 212 g/mol. The summed E-state index contributed by atoms with van der Waals surface area (Å²) in [6.07, 6.45) is 4.19. The number of carbonyl (C=O) groups is 1. The molecule has 2 saturated heterocycles. The molecule has 2 aliphatic rings. The fourth-order valence-electron chi connectivity index (χ4n) is 2.38. The summed E-state index contributed by atoms with van der Waals surface area (Å²) in [4.78, 5) is 13.5. The second-order valence-corrected chi connectivity index (χ2v) is 4.74. The number of likely N-dealkylation sites (tertiary alicyclic amines) is 1. The number of ether oxygens (including phenoxy) is 1. The van der Waals surface area contributed by atoms with E-state index in [4.69, 9.17) is 10.5 Å². The lowest BCUT2D eigenvalue weighted by Crippen LogP contribution is -2.48. The highest BCUT2D eigenvalue weighted by atomic mass is 16.5. The van der Waals surface area contributed by atoms with Gasteiger partial charge in [0.15, 0.2) is 0 Å². The molecule has 15 heavy (non-hydrogen) atoms. The number of piperidine rings is 1. The fraction of sp³-hybridized carbons (Fsp3) is 0.909. The van der Waals surface area contributed by atoms with Crippen LogP contribution in [-0.2, 0) is 9.53 Å². The molecule has 3 atom stereocenters. The van der Waals surface area contributed by atoms with Crippen LogP contribution in [0, 0.1) is 0 Å². The van der Waals surface area contributed by atoms with Crippen LogP contribution in [0.4, 0.5) is 0 Å². The summed E-state index contributed by atoms with van der Waals surface area (Å²) in [6.45, 7) is 3.52. The maximum atomic E-state index is 11.6. The predicted molar refractivity (Wildman–Crippen MR) is 57.4 cm³/mol. The number of rotatable bonds is 2. The Morgan fingerprint density at radius 3 is 2.93 bits per heavy atom. The van der Waals surface area contributed by atoms with E-state index >= 15 is 0 Å². The third-order valence-electron chi connectivity index (χ3n) is 3.28. The van der Waals surface area contributed by atoms with Crippen molar-refractivity contribution in [2.45, 2.75) is 50.9 Å². The molecule has 2 rings (SSSR count). The van der Waals surface area contributed by atoms with E-state index in [1.54, 1.807) is 0 Å². The SMILES string of the molecule is CC1CCC(CN2CC(N)CCC2=O)O1. The molecular weight excluding hydrogens is 192 g/mol. The van der Waals surface area contributed by atoms with E-state index in [9.17, 15) is 4.79 Å². The summed E-state index contributed by atoms with van der Waals surface area (Å²) >= 11 is 0. The zero-order valence-electron chi connectivity index (χ0n) is 9.32. The highest BCUT2D eigenvalue weighted by Crippen LogP contribution is 2.21. The largest absolute Gasteiger partial charge is 0.373 e. The van der Waals surface area contributed by atoms with E-state index < -0.39 is 0 Å². The molecule has 3 unspecified atom stereocenters. The van der Waals surface area contributed by atoms with E-state index in [-0.39, 0.29) is 18.1 Å². The Labute approximate surface area is 90.8 Å². The van der Waals surface area contributed by atoms with Gasteiger partial charge in [0, 0.05) is 25.6 Å². The molecule has 86 valence electrons. The maximum Gasteiger partial charge on any atom is 0.222 e. The normalized spacial score (nSPS) is 37.3. The van der Waals surface area contributed by atoms with Gasteiger partial charge in [0.05, 0.1) is 12.2 Å². The Bertz CT molecular complexity index is 245. The molecule has 4 heteroatoms. The van der Waals surface area contributed by atoms with Gasteiger partial charge in [0.1, 0.15) is 0 Å². The van der Waals surface area contributed by atoms with Gasteiger partial charge in [0.25, 0.3) is 0 Å². The molecule has 2 fully saturated rings. The van der Waals surface area contributed by atoms with E-state index in [2.05, 4.69) is 6.92 Å². The van der Waals surface area contributed by atoms with Crippen LogP contribution in [0.5, 0.6) is 0 Å². The van der Waals surface area contributed by atoms with Crippen LogP contribution in [0.1, 0.15) is 32.6 Å². The van der Waals surface area contributed by atoms with Crippen molar-refractivity contribution in [3.63, 3.8) is 0 Å². The van der Waals surface area contributed by atoms with E-state index in [1.807, 2.05) is 4.90 Å². The van der Waals surface area contributed by atoms with Gasteiger partial charge in [-0.05, 0) is 26.2 Å². The molecule has 0 aromatic carbocycles. The Balaban J connectivity index is 1.84. The van der Waals surface area contributed by atoms with Crippen molar-refractivity contribution in [2.24, 2.45) is 5.73 Å². The molecule has 0 aromatic heterocycles. The Morgan fingerprint density at radius 2 is 2.27 bits per heavy atom. The topological polar surface area (TPSA) is 55.6 Å². The molecule has 2 heterocycles. The minimum atomic E-state index is 0.154. The van der Waals surface area contributed by atoms with Gasteiger partial charge >= 0.3 is 0 Å². The van der Waals surface area contributed by atoms with Crippen LogP contribution in [-0.4, -0.2) is 42.1 Å². The Morgan fingerprint density at radius 1 is 1.47 bits per heavy atom. The fourth-order valence-corrected chi connectivity index (χ4v) is 2.38. The van der Waals surface area contributed by atoms with Crippen molar-refractivity contribution in [3.8, 4) is 0 Å². The minimum absolute atomic E-state index is 0.154. The number of hydrogen-bond donors (Lipinski definition) is 1. The minimum Gasteiger partial charge on any atom is -0.373 e. The molecule has 4 nitrogen and oxygen atoms in total. The zero-order valence-corrected chi connectivity index (χ0v) is 9.32. The Kier molecular flexibility index (Phi) is 3.26. The van der Waals surface area contributed by atoms with Crippen LogP contribution >= 0.6 is 0 Å². The predicted octanol–water partition coefficient (Wildman–Crippen LogP) is 0.504. The monoisotopic (exact) mass is 212 g/mol. The van der Waals surface area contributed by atoms with Crippen LogP contribution in [0.2, 0.25) is 0 Å². The standard InChI is InChI=1S/C11H20N2O2/c1-8-2-4-10(15-8)7-13-6-9(12)3-5-11(13)14/h8-10H,2-7,12H2,1H3. The number of nitrogens with two attached hydrogens (primary N) is 1. The first kappa shape index (κ1) is 10.9. The molecule has 0 radical (unpaired) electrons. The summed E-state index contributed by atoms with van der Waals surface area (Å²) in [5.74, 6) is 0.236. The second kappa shape index (κ2) is 4.49. The third kappa shape index (κ3) is 2.69. The summed E-state index contributed by atoms with van der Waals surface area (Å²) in [5, 5.41) is 0. The summed E-state index contributed by atoms with van der Waals surface area (Å²) in [6, 6.07) is 0.154. The maximum absolute atomic E-state index is 11.6. The lowest BCUT2D eigenvalue weighted by atomic mass is 10.1. The van der Waals surface area contributed by atoms with Crippen molar-refractivity contribution >= 4 is 5.91 Å². The molecule has 0 aromatic rings. The lowest BCUT2D eigenvalue weighted by molar-refractivity contribution is -0.135. The molecule has 0 spiro atoms. The highest BCUT2D eigenvalue weighted by Gasteiger charge is 2.29. The molecule has 2 N–H and O–H groups in total. The number of amides is 1. The van der Waals surface area contributed by atoms with E-state index in [1.165, 1.54) is 0 Å². The molecule has 0 aliphatic carbocycles. The van der Waals surface area contributed by atoms with Crippen LogP contribution < -0.4 is 5.73 Å².